The molecule has 0 fully saturated rings. The Bertz CT molecular complexity index is 417. The average molecular weight is 268 g/mol. The van der Waals surface area contributed by atoms with Crippen molar-refractivity contribution in [1.82, 2.24) is 0 Å². The average Bonchev–Trinajstić information content (AvgIpc) is 2.74. The van der Waals surface area contributed by atoms with Gasteiger partial charge in [-0.15, -0.1) is 0 Å². The minimum absolute atomic E-state index is 0.194. The third kappa shape index (κ3) is 3.39. The third-order valence-electron chi connectivity index (χ3n) is 3.42. The zero-order valence-electron chi connectivity index (χ0n) is 11.2. The molecule has 0 amide bonds. The molecule has 1 aromatic rings. The number of halogens is 1. The van der Waals surface area contributed by atoms with Crippen LogP contribution < -0.4 is 10.5 Å². The van der Waals surface area contributed by atoms with Crippen molar-refractivity contribution in [3.05, 3.63) is 28.3 Å². The summed E-state index contributed by atoms with van der Waals surface area (Å²) in [5.74, 6) is 1.73. The highest BCUT2D eigenvalue weighted by Gasteiger charge is 2.19. The summed E-state index contributed by atoms with van der Waals surface area (Å²) in [5.41, 5.74) is 8.60. The van der Waals surface area contributed by atoms with Gasteiger partial charge in [-0.1, -0.05) is 25.4 Å². The molecule has 1 unspecified atom stereocenters. The maximum atomic E-state index is 6.20. The molecule has 3 heteroatoms. The van der Waals surface area contributed by atoms with E-state index >= 15 is 0 Å². The van der Waals surface area contributed by atoms with Crippen molar-refractivity contribution >= 4 is 11.6 Å². The van der Waals surface area contributed by atoms with Gasteiger partial charge in [-0.25, -0.2) is 0 Å². The fourth-order valence-corrected chi connectivity index (χ4v) is 2.69. The van der Waals surface area contributed by atoms with Gasteiger partial charge in [-0.2, -0.15) is 0 Å². The molecule has 0 spiro atoms. The Balaban J connectivity index is 2.05. The van der Waals surface area contributed by atoms with Crippen molar-refractivity contribution in [1.29, 1.82) is 0 Å². The third-order valence-corrected chi connectivity index (χ3v) is 3.64. The SMILES string of the molecule is CC(C)CCC(N)Cc1cc(Cl)cc2c1OCC2. The van der Waals surface area contributed by atoms with E-state index in [0.29, 0.717) is 5.92 Å². The van der Waals surface area contributed by atoms with E-state index in [-0.39, 0.29) is 6.04 Å². The molecule has 2 N–H and O–H groups in total. The number of hydrogen-bond acceptors (Lipinski definition) is 2. The standard InChI is InChI=1S/C15H22ClNO/c1-10(2)3-4-14(17)9-12-8-13(16)7-11-5-6-18-15(11)12/h7-8,10,14H,3-6,9,17H2,1-2H3. The molecule has 100 valence electrons. The maximum absolute atomic E-state index is 6.20. The van der Waals surface area contributed by atoms with E-state index < -0.39 is 0 Å². The second-order valence-corrected chi connectivity index (χ2v) is 6.02. The van der Waals surface area contributed by atoms with Gasteiger partial charge < -0.3 is 10.5 Å². The van der Waals surface area contributed by atoms with Gasteiger partial charge >= 0.3 is 0 Å². The van der Waals surface area contributed by atoms with Crippen molar-refractivity contribution in [2.75, 3.05) is 6.61 Å². The van der Waals surface area contributed by atoms with Crippen LogP contribution in [-0.2, 0) is 12.8 Å². The monoisotopic (exact) mass is 267 g/mol. The molecule has 2 nitrogen and oxygen atoms in total. The number of rotatable bonds is 5. The lowest BCUT2D eigenvalue weighted by Crippen LogP contribution is -2.23. The molecule has 18 heavy (non-hydrogen) atoms. The van der Waals surface area contributed by atoms with E-state index in [1.54, 1.807) is 0 Å². The number of ether oxygens (including phenoxy) is 1. The second kappa shape index (κ2) is 5.94. The number of nitrogens with two attached hydrogens (primary N) is 1. The molecule has 0 saturated carbocycles. The summed E-state index contributed by atoms with van der Waals surface area (Å²) in [6, 6.07) is 4.20. The van der Waals surface area contributed by atoms with E-state index in [0.717, 1.165) is 36.6 Å². The Labute approximate surface area is 114 Å². The van der Waals surface area contributed by atoms with Crippen LogP contribution in [0.5, 0.6) is 5.75 Å². The first kappa shape index (κ1) is 13.7. The van der Waals surface area contributed by atoms with Crippen LogP contribution in [0.4, 0.5) is 0 Å². The van der Waals surface area contributed by atoms with E-state index in [4.69, 9.17) is 22.1 Å². The number of benzene rings is 1. The van der Waals surface area contributed by atoms with Crippen LogP contribution in [0, 0.1) is 5.92 Å². The number of fused-ring (bicyclic) bond motifs is 1. The summed E-state index contributed by atoms with van der Waals surface area (Å²) in [7, 11) is 0. The lowest BCUT2D eigenvalue weighted by molar-refractivity contribution is 0.352. The Kier molecular flexibility index (Phi) is 4.52. The van der Waals surface area contributed by atoms with Crippen molar-refractivity contribution in [3.8, 4) is 5.75 Å². The quantitative estimate of drug-likeness (QED) is 0.885. The Morgan fingerprint density at radius 3 is 2.83 bits per heavy atom. The summed E-state index contributed by atoms with van der Waals surface area (Å²) in [6.07, 6.45) is 4.05. The molecular formula is C15H22ClNO. The van der Waals surface area contributed by atoms with Gasteiger partial charge in [0, 0.05) is 17.5 Å². The van der Waals surface area contributed by atoms with Crippen molar-refractivity contribution in [2.45, 2.75) is 45.6 Å². The van der Waals surface area contributed by atoms with E-state index in [1.165, 1.54) is 17.5 Å². The van der Waals surface area contributed by atoms with Gasteiger partial charge in [0.2, 0.25) is 0 Å². The summed E-state index contributed by atoms with van der Waals surface area (Å²) in [4.78, 5) is 0. The molecule has 2 rings (SSSR count). The summed E-state index contributed by atoms with van der Waals surface area (Å²) in [5, 5.41) is 0.797. The highest BCUT2D eigenvalue weighted by Crippen LogP contribution is 2.33. The first-order chi connectivity index (χ1) is 8.56. The molecule has 1 atom stereocenters. The largest absolute Gasteiger partial charge is 0.493 e. The van der Waals surface area contributed by atoms with E-state index in [9.17, 15) is 0 Å². The van der Waals surface area contributed by atoms with Gasteiger partial charge in [0.1, 0.15) is 5.75 Å². The Hall–Kier alpha value is -0.730. The predicted octanol–water partition coefficient (Wildman–Crippen LogP) is 3.58. The van der Waals surface area contributed by atoms with Crippen LogP contribution in [0.3, 0.4) is 0 Å². The molecule has 0 aliphatic carbocycles. The molecule has 0 aromatic heterocycles. The molecule has 1 heterocycles. The summed E-state index contributed by atoms with van der Waals surface area (Å²) in [6.45, 7) is 5.23. The van der Waals surface area contributed by atoms with E-state index in [1.807, 2.05) is 12.1 Å². The van der Waals surface area contributed by atoms with Crippen LogP contribution in [-0.4, -0.2) is 12.6 Å². The van der Waals surface area contributed by atoms with Crippen LogP contribution in [0.1, 0.15) is 37.8 Å². The van der Waals surface area contributed by atoms with Crippen LogP contribution in [0.15, 0.2) is 12.1 Å². The highest BCUT2D eigenvalue weighted by atomic mass is 35.5. The second-order valence-electron chi connectivity index (χ2n) is 5.59. The molecule has 0 radical (unpaired) electrons. The molecule has 1 aliphatic rings. The van der Waals surface area contributed by atoms with Crippen molar-refractivity contribution in [2.24, 2.45) is 11.7 Å². The van der Waals surface area contributed by atoms with Gasteiger partial charge in [-0.05, 0) is 48.4 Å². The predicted molar refractivity (Wildman–Crippen MR) is 76.4 cm³/mol. The Morgan fingerprint density at radius 1 is 1.33 bits per heavy atom. The molecular weight excluding hydrogens is 246 g/mol. The molecule has 0 bridgehead atoms. The minimum Gasteiger partial charge on any atom is -0.493 e. The van der Waals surface area contributed by atoms with Crippen molar-refractivity contribution < 1.29 is 4.74 Å². The molecule has 1 aliphatic heterocycles. The van der Waals surface area contributed by atoms with Crippen LogP contribution >= 0.6 is 11.6 Å². The topological polar surface area (TPSA) is 35.2 Å². The minimum atomic E-state index is 0.194. The van der Waals surface area contributed by atoms with E-state index in [2.05, 4.69) is 13.8 Å². The molecule has 1 aromatic carbocycles. The fourth-order valence-electron chi connectivity index (χ4n) is 2.43. The van der Waals surface area contributed by atoms with Gasteiger partial charge in [0.15, 0.2) is 0 Å². The van der Waals surface area contributed by atoms with Crippen LogP contribution in [0.25, 0.3) is 0 Å². The smallest absolute Gasteiger partial charge is 0.125 e. The Morgan fingerprint density at radius 2 is 2.11 bits per heavy atom. The lowest BCUT2D eigenvalue weighted by Gasteiger charge is -2.15. The fraction of sp³-hybridized carbons (Fsp3) is 0.600. The normalized spacial score (nSPS) is 15.6. The summed E-state index contributed by atoms with van der Waals surface area (Å²) >= 11 is 6.14. The van der Waals surface area contributed by atoms with Gasteiger partial charge in [-0.3, -0.25) is 0 Å². The maximum Gasteiger partial charge on any atom is 0.125 e. The first-order valence-electron chi connectivity index (χ1n) is 6.76. The number of hydrogen-bond donors (Lipinski definition) is 1. The molecule has 0 saturated heterocycles. The zero-order chi connectivity index (χ0) is 13.1. The summed E-state index contributed by atoms with van der Waals surface area (Å²) < 4.78 is 5.70. The van der Waals surface area contributed by atoms with Gasteiger partial charge in [0.25, 0.3) is 0 Å². The lowest BCUT2D eigenvalue weighted by atomic mass is 9.97. The highest BCUT2D eigenvalue weighted by molar-refractivity contribution is 6.30. The zero-order valence-corrected chi connectivity index (χ0v) is 12.0. The van der Waals surface area contributed by atoms with Crippen LogP contribution in [0.2, 0.25) is 5.02 Å². The first-order valence-corrected chi connectivity index (χ1v) is 7.13. The van der Waals surface area contributed by atoms with Gasteiger partial charge in [0.05, 0.1) is 6.61 Å². The van der Waals surface area contributed by atoms with Crippen molar-refractivity contribution in [3.63, 3.8) is 0 Å².